The largest absolute Gasteiger partial charge is 0.314 e. The van der Waals surface area contributed by atoms with Crippen LogP contribution in [-0.2, 0) is 0 Å². The van der Waals surface area contributed by atoms with Crippen LogP contribution in [0.15, 0.2) is 31.0 Å². The molecule has 16 heavy (non-hydrogen) atoms. The lowest BCUT2D eigenvalue weighted by Gasteiger charge is -2.01. The maximum absolute atomic E-state index is 4.32. The highest BCUT2D eigenvalue weighted by Gasteiger charge is 2.09. The average Bonchev–Trinajstić information content (AvgIpc) is 2.97. The first-order chi connectivity index (χ1) is 7.90. The fourth-order valence-electron chi connectivity index (χ4n) is 1.74. The fourth-order valence-corrected chi connectivity index (χ4v) is 2.36. The van der Waals surface area contributed by atoms with Gasteiger partial charge in [0.25, 0.3) is 0 Å². The lowest BCUT2D eigenvalue weighted by atomic mass is 10.2. The third kappa shape index (κ3) is 1.32. The highest BCUT2D eigenvalue weighted by atomic mass is 31.1. The Morgan fingerprint density at radius 2 is 2.31 bits per heavy atom. The minimum atomic E-state index is 0.673. The molecule has 3 rings (SSSR count). The van der Waals surface area contributed by atoms with Crippen molar-refractivity contribution in [2.24, 2.45) is 0 Å². The maximum atomic E-state index is 4.32. The van der Waals surface area contributed by atoms with Gasteiger partial charge >= 0.3 is 0 Å². The third-order valence-electron chi connectivity index (χ3n) is 2.49. The predicted octanol–water partition coefficient (Wildman–Crippen LogP) is 1.89. The van der Waals surface area contributed by atoms with E-state index in [9.17, 15) is 0 Å². The SMILES string of the molecule is CPn1ccc2c(-c3cn[nH]c3)ncnc21. The molecule has 0 amide bonds. The van der Waals surface area contributed by atoms with Crippen molar-refractivity contribution in [1.82, 2.24) is 24.5 Å². The number of nitrogens with one attached hydrogen (secondary N) is 1. The van der Waals surface area contributed by atoms with Crippen molar-refractivity contribution in [3.8, 4) is 11.3 Å². The molecule has 1 N–H and O–H groups in total. The first-order valence-corrected chi connectivity index (χ1v) is 6.34. The number of fused-ring (bicyclic) bond motifs is 1. The van der Waals surface area contributed by atoms with Gasteiger partial charge in [0.05, 0.1) is 11.9 Å². The Morgan fingerprint density at radius 1 is 1.38 bits per heavy atom. The highest BCUT2D eigenvalue weighted by Crippen LogP contribution is 2.27. The summed E-state index contributed by atoms with van der Waals surface area (Å²) in [6.45, 7) is 2.12. The monoisotopic (exact) mass is 231 g/mol. The molecule has 0 saturated carbocycles. The number of hydrogen-bond acceptors (Lipinski definition) is 3. The second-order valence-corrected chi connectivity index (χ2v) is 4.28. The van der Waals surface area contributed by atoms with E-state index in [0.29, 0.717) is 8.73 Å². The second-order valence-electron chi connectivity index (χ2n) is 3.36. The van der Waals surface area contributed by atoms with Gasteiger partial charge in [-0.1, -0.05) is 0 Å². The molecule has 0 radical (unpaired) electrons. The zero-order chi connectivity index (χ0) is 11.0. The van der Waals surface area contributed by atoms with Crippen LogP contribution in [0.4, 0.5) is 0 Å². The van der Waals surface area contributed by atoms with Gasteiger partial charge in [-0.3, -0.25) is 5.10 Å². The van der Waals surface area contributed by atoms with E-state index in [0.717, 1.165) is 22.3 Å². The Bertz CT molecular complexity index is 613. The van der Waals surface area contributed by atoms with Crippen LogP contribution in [0.5, 0.6) is 0 Å². The summed E-state index contributed by atoms with van der Waals surface area (Å²) in [5.41, 5.74) is 2.90. The summed E-state index contributed by atoms with van der Waals surface area (Å²) in [5.74, 6) is 0. The summed E-state index contributed by atoms with van der Waals surface area (Å²) >= 11 is 0. The third-order valence-corrected chi connectivity index (χ3v) is 3.34. The topological polar surface area (TPSA) is 59.4 Å². The molecular formula is C10H10N5P. The summed E-state index contributed by atoms with van der Waals surface area (Å²) in [5, 5.41) is 7.81. The van der Waals surface area contributed by atoms with Gasteiger partial charge in [-0.25, -0.2) is 9.97 Å². The molecule has 0 aromatic carbocycles. The van der Waals surface area contributed by atoms with Crippen molar-refractivity contribution in [3.05, 3.63) is 31.0 Å². The van der Waals surface area contributed by atoms with Crippen LogP contribution in [0.1, 0.15) is 0 Å². The standard InChI is InChI=1S/C10H10N5P/c1-16-15-3-2-8-9(7-4-13-14-5-7)11-6-12-10(8)15/h2-6,16H,1H3,(H,13,14). The van der Waals surface area contributed by atoms with Crippen LogP contribution in [0.2, 0.25) is 0 Å². The van der Waals surface area contributed by atoms with E-state index in [2.05, 4.69) is 31.2 Å². The maximum Gasteiger partial charge on any atom is 0.147 e. The fraction of sp³-hybridized carbons (Fsp3) is 0.100. The van der Waals surface area contributed by atoms with Crippen LogP contribution >= 0.6 is 8.73 Å². The molecule has 0 aliphatic carbocycles. The molecule has 1 atom stereocenters. The van der Waals surface area contributed by atoms with Gasteiger partial charge < -0.3 is 4.34 Å². The van der Waals surface area contributed by atoms with Gasteiger partial charge in [-0.2, -0.15) is 5.10 Å². The van der Waals surface area contributed by atoms with Crippen LogP contribution in [0, 0.1) is 0 Å². The molecule has 6 heteroatoms. The molecule has 0 aliphatic heterocycles. The van der Waals surface area contributed by atoms with Gasteiger partial charge in [0.15, 0.2) is 0 Å². The summed E-state index contributed by atoms with van der Waals surface area (Å²) in [6.07, 6.45) is 7.25. The number of aromatic amines is 1. The number of H-pyrrole nitrogens is 1. The van der Waals surface area contributed by atoms with E-state index in [1.165, 1.54) is 0 Å². The Labute approximate surface area is 93.8 Å². The zero-order valence-electron chi connectivity index (χ0n) is 8.68. The van der Waals surface area contributed by atoms with Crippen molar-refractivity contribution in [2.75, 3.05) is 6.66 Å². The molecule has 3 aromatic rings. The van der Waals surface area contributed by atoms with Crippen molar-refractivity contribution in [1.29, 1.82) is 0 Å². The Morgan fingerprint density at radius 3 is 3.06 bits per heavy atom. The minimum Gasteiger partial charge on any atom is -0.314 e. The molecule has 0 spiro atoms. The van der Waals surface area contributed by atoms with E-state index >= 15 is 0 Å². The molecule has 3 heterocycles. The Kier molecular flexibility index (Phi) is 2.18. The lowest BCUT2D eigenvalue weighted by Crippen LogP contribution is -1.88. The number of nitrogens with zero attached hydrogens (tertiary/aromatic N) is 4. The van der Waals surface area contributed by atoms with E-state index in [-0.39, 0.29) is 0 Å². The van der Waals surface area contributed by atoms with E-state index in [4.69, 9.17) is 0 Å². The van der Waals surface area contributed by atoms with Crippen LogP contribution < -0.4 is 0 Å². The van der Waals surface area contributed by atoms with E-state index in [1.54, 1.807) is 12.5 Å². The summed E-state index contributed by atoms with van der Waals surface area (Å²) in [6, 6.07) is 2.05. The molecule has 80 valence electrons. The molecular weight excluding hydrogens is 221 g/mol. The predicted molar refractivity (Wildman–Crippen MR) is 64.7 cm³/mol. The second kappa shape index (κ2) is 3.68. The normalized spacial score (nSPS) is 11.8. The Balaban J connectivity index is 2.30. The summed E-state index contributed by atoms with van der Waals surface area (Å²) in [7, 11) is 0.673. The molecule has 0 saturated heterocycles. The zero-order valence-corrected chi connectivity index (χ0v) is 9.68. The van der Waals surface area contributed by atoms with Crippen molar-refractivity contribution < 1.29 is 0 Å². The number of hydrogen-bond donors (Lipinski definition) is 1. The van der Waals surface area contributed by atoms with Crippen molar-refractivity contribution in [2.45, 2.75) is 0 Å². The van der Waals surface area contributed by atoms with Crippen LogP contribution in [0.3, 0.4) is 0 Å². The first-order valence-electron chi connectivity index (χ1n) is 4.89. The Hall–Kier alpha value is -1.74. The molecule has 3 aromatic heterocycles. The average molecular weight is 231 g/mol. The molecule has 0 bridgehead atoms. The number of aromatic nitrogens is 5. The van der Waals surface area contributed by atoms with E-state index < -0.39 is 0 Å². The van der Waals surface area contributed by atoms with Gasteiger partial charge in [0, 0.05) is 23.3 Å². The van der Waals surface area contributed by atoms with Crippen LogP contribution in [-0.4, -0.2) is 31.2 Å². The summed E-state index contributed by atoms with van der Waals surface area (Å²) in [4.78, 5) is 8.63. The highest BCUT2D eigenvalue weighted by molar-refractivity contribution is 7.35. The smallest absolute Gasteiger partial charge is 0.147 e. The van der Waals surface area contributed by atoms with Crippen LogP contribution in [0.25, 0.3) is 22.3 Å². The van der Waals surface area contributed by atoms with E-state index in [1.807, 2.05) is 18.5 Å². The molecule has 5 nitrogen and oxygen atoms in total. The lowest BCUT2D eigenvalue weighted by molar-refractivity contribution is 1.09. The first kappa shape index (κ1) is 9.48. The van der Waals surface area contributed by atoms with Crippen molar-refractivity contribution in [3.63, 3.8) is 0 Å². The van der Waals surface area contributed by atoms with Gasteiger partial charge in [-0.15, -0.1) is 0 Å². The number of rotatable bonds is 2. The van der Waals surface area contributed by atoms with Gasteiger partial charge in [-0.05, 0) is 21.5 Å². The van der Waals surface area contributed by atoms with Gasteiger partial charge in [0.2, 0.25) is 0 Å². The van der Waals surface area contributed by atoms with Crippen molar-refractivity contribution >= 4 is 19.8 Å². The molecule has 0 fully saturated rings. The van der Waals surface area contributed by atoms with Gasteiger partial charge in [0.1, 0.15) is 12.0 Å². The molecule has 1 unspecified atom stereocenters. The minimum absolute atomic E-state index is 0.673. The molecule has 0 aliphatic rings. The quantitative estimate of drug-likeness (QED) is 0.685. The summed E-state index contributed by atoms with van der Waals surface area (Å²) < 4.78 is 2.13.